The fourth-order valence-electron chi connectivity index (χ4n) is 3.19. The first-order valence-corrected chi connectivity index (χ1v) is 8.33. The van der Waals surface area contributed by atoms with Crippen molar-refractivity contribution in [2.24, 2.45) is 0 Å². The Balaban J connectivity index is 1.55. The molecule has 128 valence electrons. The molecule has 2 atom stereocenters. The first-order chi connectivity index (χ1) is 11.6. The molecule has 0 unspecified atom stereocenters. The number of hydrogen-bond acceptors (Lipinski definition) is 4. The average molecular weight is 329 g/mol. The third kappa shape index (κ3) is 3.94. The molecule has 0 bridgehead atoms. The highest BCUT2D eigenvalue weighted by atomic mass is 16.5. The number of likely N-dealkylation sites (tertiary alicyclic amines) is 1. The fraction of sp³-hybridized carbons (Fsp3) is 0.444. The second-order valence-electron chi connectivity index (χ2n) is 6.24. The van der Waals surface area contributed by atoms with Gasteiger partial charge in [-0.05, 0) is 31.7 Å². The van der Waals surface area contributed by atoms with Crippen molar-refractivity contribution in [1.82, 2.24) is 15.4 Å². The number of urea groups is 1. The largest absolute Gasteiger partial charge is 0.388 e. The summed E-state index contributed by atoms with van der Waals surface area (Å²) in [6.45, 7) is 2.89. The van der Waals surface area contributed by atoms with Crippen LogP contribution in [-0.2, 0) is 6.54 Å². The minimum atomic E-state index is -0.553. The van der Waals surface area contributed by atoms with Crippen LogP contribution in [0.5, 0.6) is 0 Å². The van der Waals surface area contributed by atoms with Gasteiger partial charge in [0.1, 0.15) is 11.5 Å². The van der Waals surface area contributed by atoms with Crippen LogP contribution in [0.4, 0.5) is 4.79 Å². The van der Waals surface area contributed by atoms with Crippen LogP contribution in [0.1, 0.15) is 42.4 Å². The zero-order valence-corrected chi connectivity index (χ0v) is 13.8. The van der Waals surface area contributed by atoms with Gasteiger partial charge in [-0.25, -0.2) is 4.79 Å². The molecule has 0 spiro atoms. The lowest BCUT2D eigenvalue weighted by Crippen LogP contribution is -2.43. The second-order valence-corrected chi connectivity index (χ2v) is 6.24. The number of nitrogens with zero attached hydrogens (tertiary/aromatic N) is 2. The van der Waals surface area contributed by atoms with Gasteiger partial charge in [0.05, 0.1) is 12.6 Å². The van der Waals surface area contributed by atoms with Crippen molar-refractivity contribution in [1.29, 1.82) is 0 Å². The number of aryl methyl sites for hydroxylation is 1. The van der Waals surface area contributed by atoms with Gasteiger partial charge >= 0.3 is 6.03 Å². The van der Waals surface area contributed by atoms with E-state index >= 15 is 0 Å². The molecule has 6 nitrogen and oxygen atoms in total. The summed E-state index contributed by atoms with van der Waals surface area (Å²) in [5, 5.41) is 17.2. The molecule has 1 fully saturated rings. The Morgan fingerprint density at radius 2 is 2.25 bits per heavy atom. The van der Waals surface area contributed by atoms with E-state index in [4.69, 9.17) is 4.52 Å². The topological polar surface area (TPSA) is 78.6 Å². The smallest absolute Gasteiger partial charge is 0.317 e. The molecule has 2 heterocycles. The molecule has 2 aromatic rings. The van der Waals surface area contributed by atoms with Crippen molar-refractivity contribution >= 4 is 6.03 Å². The quantitative estimate of drug-likeness (QED) is 0.884. The number of benzene rings is 1. The zero-order chi connectivity index (χ0) is 16.9. The third-order valence-electron chi connectivity index (χ3n) is 4.42. The lowest BCUT2D eigenvalue weighted by Gasteiger charge is -2.26. The predicted octanol–water partition coefficient (Wildman–Crippen LogP) is 2.78. The van der Waals surface area contributed by atoms with Gasteiger partial charge in [0.25, 0.3) is 0 Å². The number of amides is 2. The molecule has 0 radical (unpaired) electrons. The van der Waals surface area contributed by atoms with E-state index in [0.717, 1.165) is 30.7 Å². The molecule has 2 amide bonds. The first-order valence-electron chi connectivity index (χ1n) is 8.33. The summed E-state index contributed by atoms with van der Waals surface area (Å²) in [6.07, 6.45) is 1.88. The molecule has 1 aliphatic rings. The Hall–Kier alpha value is -2.34. The molecular weight excluding hydrogens is 306 g/mol. The van der Waals surface area contributed by atoms with Crippen LogP contribution in [0.2, 0.25) is 0 Å². The molecule has 24 heavy (non-hydrogen) atoms. The predicted molar refractivity (Wildman–Crippen MR) is 89.2 cm³/mol. The van der Waals surface area contributed by atoms with E-state index in [2.05, 4.69) is 10.5 Å². The maximum absolute atomic E-state index is 12.4. The summed E-state index contributed by atoms with van der Waals surface area (Å²) in [7, 11) is 0. The molecular formula is C18H23N3O3. The molecule has 1 aliphatic heterocycles. The summed E-state index contributed by atoms with van der Waals surface area (Å²) >= 11 is 0. The molecule has 1 aromatic heterocycles. The van der Waals surface area contributed by atoms with Crippen LogP contribution >= 0.6 is 0 Å². The summed E-state index contributed by atoms with van der Waals surface area (Å²) in [5.41, 5.74) is 1.60. The maximum Gasteiger partial charge on any atom is 0.317 e. The van der Waals surface area contributed by atoms with Gasteiger partial charge in [0.15, 0.2) is 0 Å². The van der Waals surface area contributed by atoms with E-state index in [-0.39, 0.29) is 12.1 Å². The van der Waals surface area contributed by atoms with E-state index in [1.807, 2.05) is 42.2 Å². The minimum absolute atomic E-state index is 0.0549. The van der Waals surface area contributed by atoms with Crippen molar-refractivity contribution in [3.05, 3.63) is 53.4 Å². The molecule has 6 heteroatoms. The van der Waals surface area contributed by atoms with Crippen LogP contribution in [-0.4, -0.2) is 33.8 Å². The molecule has 2 N–H and O–H groups in total. The summed E-state index contributed by atoms with van der Waals surface area (Å²) in [4.78, 5) is 14.2. The minimum Gasteiger partial charge on any atom is -0.388 e. The highest BCUT2D eigenvalue weighted by Crippen LogP contribution is 2.27. The lowest BCUT2D eigenvalue weighted by atomic mass is 10.0. The Morgan fingerprint density at radius 3 is 2.96 bits per heavy atom. The average Bonchev–Trinajstić information content (AvgIpc) is 3.22. The summed E-state index contributed by atoms with van der Waals surface area (Å²) in [5.74, 6) is 0.726. The number of aliphatic hydroxyl groups excluding tert-OH is 1. The maximum atomic E-state index is 12.4. The molecule has 1 aromatic carbocycles. The molecule has 3 rings (SSSR count). The zero-order valence-electron chi connectivity index (χ0n) is 13.8. The number of nitrogens with one attached hydrogen (secondary N) is 1. The lowest BCUT2D eigenvalue weighted by molar-refractivity contribution is 0.126. The Bertz CT molecular complexity index is 671. The Kier molecular flexibility index (Phi) is 5.15. The third-order valence-corrected chi connectivity index (χ3v) is 4.42. The first kappa shape index (κ1) is 16.5. The normalized spacial score (nSPS) is 18.6. The standard InChI is InChI=1S/C18H23N3O3/c1-13-10-15(20-24-13)12-19-18(23)21-9-5-8-16(21)11-17(22)14-6-3-2-4-7-14/h2-4,6-7,10,16-17,22H,5,8-9,11-12H2,1H3,(H,19,23)/t16-,17+/m0/s1. The highest BCUT2D eigenvalue weighted by Gasteiger charge is 2.30. The van der Waals surface area contributed by atoms with Crippen LogP contribution in [0, 0.1) is 6.92 Å². The van der Waals surface area contributed by atoms with Gasteiger partial charge in [-0.15, -0.1) is 0 Å². The van der Waals surface area contributed by atoms with Crippen molar-refractivity contribution < 1.29 is 14.4 Å². The van der Waals surface area contributed by atoms with E-state index < -0.39 is 6.10 Å². The summed E-state index contributed by atoms with van der Waals surface area (Å²) in [6, 6.07) is 11.3. The number of hydrogen-bond donors (Lipinski definition) is 2. The second kappa shape index (κ2) is 7.49. The number of rotatable bonds is 5. The molecule has 0 aliphatic carbocycles. The Morgan fingerprint density at radius 1 is 1.46 bits per heavy atom. The van der Waals surface area contributed by atoms with Gasteiger partial charge in [0, 0.05) is 18.7 Å². The van der Waals surface area contributed by atoms with E-state index in [1.165, 1.54) is 0 Å². The molecule has 1 saturated heterocycles. The van der Waals surface area contributed by atoms with Crippen LogP contribution in [0.3, 0.4) is 0 Å². The van der Waals surface area contributed by atoms with Crippen LogP contribution in [0.25, 0.3) is 0 Å². The van der Waals surface area contributed by atoms with Gasteiger partial charge in [-0.2, -0.15) is 0 Å². The van der Waals surface area contributed by atoms with Crippen molar-refractivity contribution in [2.45, 2.75) is 44.9 Å². The van der Waals surface area contributed by atoms with E-state index in [1.54, 1.807) is 6.07 Å². The fourth-order valence-corrected chi connectivity index (χ4v) is 3.19. The molecule has 0 saturated carbocycles. The van der Waals surface area contributed by atoms with Gasteiger partial charge in [0.2, 0.25) is 0 Å². The van der Waals surface area contributed by atoms with Crippen molar-refractivity contribution in [3.63, 3.8) is 0 Å². The number of aliphatic hydroxyl groups is 1. The van der Waals surface area contributed by atoms with Gasteiger partial charge < -0.3 is 19.8 Å². The van der Waals surface area contributed by atoms with E-state index in [0.29, 0.717) is 18.7 Å². The van der Waals surface area contributed by atoms with Crippen molar-refractivity contribution in [3.8, 4) is 0 Å². The number of aromatic nitrogens is 1. The van der Waals surface area contributed by atoms with E-state index in [9.17, 15) is 9.90 Å². The number of carbonyl (C=O) groups excluding carboxylic acids is 1. The Labute approximate surface area is 141 Å². The number of carbonyl (C=O) groups is 1. The summed E-state index contributed by atoms with van der Waals surface area (Å²) < 4.78 is 5.00. The monoisotopic (exact) mass is 329 g/mol. The van der Waals surface area contributed by atoms with Gasteiger partial charge in [-0.1, -0.05) is 35.5 Å². The van der Waals surface area contributed by atoms with Crippen molar-refractivity contribution in [2.75, 3.05) is 6.54 Å². The van der Waals surface area contributed by atoms with Crippen LogP contribution in [0.15, 0.2) is 40.9 Å². The highest BCUT2D eigenvalue weighted by molar-refractivity contribution is 5.74. The van der Waals surface area contributed by atoms with Gasteiger partial charge in [-0.3, -0.25) is 0 Å². The SMILES string of the molecule is Cc1cc(CNC(=O)N2CCC[C@H]2C[C@@H](O)c2ccccc2)no1. The van der Waals surface area contributed by atoms with Crippen LogP contribution < -0.4 is 5.32 Å².